The second-order valence-corrected chi connectivity index (χ2v) is 9.53. The van der Waals surface area contributed by atoms with Gasteiger partial charge in [-0.1, -0.05) is 53.2 Å². The van der Waals surface area contributed by atoms with Crippen molar-refractivity contribution in [1.29, 1.82) is 0 Å². The van der Waals surface area contributed by atoms with E-state index in [-0.39, 0.29) is 18.3 Å². The fourth-order valence-electron chi connectivity index (χ4n) is 4.08. The molecule has 0 saturated carbocycles. The second kappa shape index (κ2) is 13.0. The first kappa shape index (κ1) is 26.3. The van der Waals surface area contributed by atoms with E-state index in [0.29, 0.717) is 28.6 Å². The molecule has 1 aromatic heterocycles. The van der Waals surface area contributed by atoms with E-state index in [1.807, 2.05) is 25.1 Å². The Morgan fingerprint density at radius 2 is 1.65 bits per heavy atom. The molecular weight excluding hydrogens is 518 g/mol. The summed E-state index contributed by atoms with van der Waals surface area (Å²) in [5.41, 5.74) is 2.73. The third-order valence-electron chi connectivity index (χ3n) is 5.95. The number of carbonyl (C=O) groups excluding carboxylic acids is 2. The van der Waals surface area contributed by atoms with E-state index in [2.05, 4.69) is 15.9 Å². The van der Waals surface area contributed by atoms with Crippen LogP contribution in [-0.2, 0) is 16.0 Å². The zero-order valence-electron chi connectivity index (χ0n) is 19.7. The van der Waals surface area contributed by atoms with Crippen LogP contribution < -0.4 is 4.74 Å². The fourth-order valence-corrected chi connectivity index (χ4v) is 4.60. The summed E-state index contributed by atoms with van der Waals surface area (Å²) in [7, 11) is 1.59. The van der Waals surface area contributed by atoms with Crippen molar-refractivity contribution in [3.63, 3.8) is 0 Å². The molecule has 34 heavy (non-hydrogen) atoms. The molecule has 0 fully saturated rings. The molecule has 0 saturated heterocycles. The van der Waals surface area contributed by atoms with Crippen LogP contribution in [0.4, 0.5) is 0 Å². The van der Waals surface area contributed by atoms with Crippen molar-refractivity contribution in [3.05, 3.63) is 64.3 Å². The number of benzene rings is 2. The summed E-state index contributed by atoms with van der Waals surface area (Å²) in [4.78, 5) is 26.0. The molecule has 5 nitrogen and oxygen atoms in total. The van der Waals surface area contributed by atoms with Crippen molar-refractivity contribution >= 4 is 50.3 Å². The maximum Gasteiger partial charge on any atom is 0.310 e. The molecule has 0 bridgehead atoms. The summed E-state index contributed by atoms with van der Waals surface area (Å²) >= 11 is 9.44. The first-order chi connectivity index (χ1) is 16.5. The molecule has 7 heteroatoms. The number of methoxy groups -OCH3 is 1. The Bertz CT molecular complexity index is 1120. The van der Waals surface area contributed by atoms with E-state index in [0.717, 1.165) is 41.1 Å². The molecule has 0 radical (unpaired) electrons. The largest absolute Gasteiger partial charge is 0.497 e. The summed E-state index contributed by atoms with van der Waals surface area (Å²) < 4.78 is 12.6. The second-order valence-electron chi connectivity index (χ2n) is 8.30. The van der Waals surface area contributed by atoms with Crippen molar-refractivity contribution in [2.75, 3.05) is 19.0 Å². The molecule has 182 valence electrons. The fraction of sp³-hybridized carbons (Fsp3) is 0.407. The summed E-state index contributed by atoms with van der Waals surface area (Å²) in [6.07, 6.45) is 6.82. The molecule has 0 amide bonds. The number of hydrogen-bond acceptors (Lipinski definition) is 4. The number of aromatic nitrogens is 1. The highest BCUT2D eigenvalue weighted by Crippen LogP contribution is 2.31. The number of nitrogens with zero attached hydrogens (tertiary/aromatic N) is 1. The summed E-state index contributed by atoms with van der Waals surface area (Å²) in [5, 5.41) is 2.43. The number of halogens is 2. The predicted molar refractivity (Wildman–Crippen MR) is 141 cm³/mol. The van der Waals surface area contributed by atoms with Gasteiger partial charge in [0.05, 0.1) is 25.7 Å². The zero-order chi connectivity index (χ0) is 24.5. The number of hydrogen-bond donors (Lipinski definition) is 0. The van der Waals surface area contributed by atoms with Crippen LogP contribution in [0.1, 0.15) is 60.1 Å². The number of unbranched alkanes of at least 4 members (excludes halogenated alkanes) is 5. The summed E-state index contributed by atoms with van der Waals surface area (Å²) in [5.74, 6) is 0.199. The number of esters is 1. The molecular formula is C27H31BrClNO4. The smallest absolute Gasteiger partial charge is 0.310 e. The molecule has 1 heterocycles. The molecule has 0 spiro atoms. The van der Waals surface area contributed by atoms with Gasteiger partial charge < -0.3 is 9.47 Å². The molecule has 0 atom stereocenters. The minimum Gasteiger partial charge on any atom is -0.497 e. The van der Waals surface area contributed by atoms with Crippen LogP contribution in [0.3, 0.4) is 0 Å². The number of alkyl halides is 1. The van der Waals surface area contributed by atoms with Gasteiger partial charge in [0.15, 0.2) is 0 Å². The SMILES string of the molecule is COc1ccc2c(c1)c(CC(=O)OCCCCCCCCBr)c(C)n2C(=O)c1ccc(Cl)cc1. The van der Waals surface area contributed by atoms with E-state index in [1.54, 1.807) is 35.9 Å². The molecule has 3 rings (SSSR count). The van der Waals surface area contributed by atoms with E-state index < -0.39 is 0 Å². The molecule has 3 aromatic rings. The normalized spacial score (nSPS) is 11.1. The Balaban J connectivity index is 1.75. The number of fused-ring (bicyclic) bond motifs is 1. The Hall–Kier alpha value is -2.31. The van der Waals surface area contributed by atoms with Gasteiger partial charge in [-0.15, -0.1) is 0 Å². The lowest BCUT2D eigenvalue weighted by atomic mass is 10.1. The van der Waals surface area contributed by atoms with Crippen LogP contribution in [0.5, 0.6) is 5.75 Å². The van der Waals surface area contributed by atoms with Gasteiger partial charge in [0, 0.05) is 27.0 Å². The quantitative estimate of drug-likeness (QED) is 0.137. The highest BCUT2D eigenvalue weighted by atomic mass is 79.9. The summed E-state index contributed by atoms with van der Waals surface area (Å²) in [6.45, 7) is 2.28. The average Bonchev–Trinajstić information content (AvgIpc) is 3.11. The Kier molecular flexibility index (Phi) is 10.0. The molecule has 0 unspecified atom stereocenters. The van der Waals surface area contributed by atoms with E-state index in [9.17, 15) is 9.59 Å². The zero-order valence-corrected chi connectivity index (χ0v) is 22.1. The predicted octanol–water partition coefficient (Wildman–Crippen LogP) is 7.12. The van der Waals surface area contributed by atoms with Crippen LogP contribution in [0.2, 0.25) is 5.02 Å². The lowest BCUT2D eigenvalue weighted by Gasteiger charge is -2.08. The number of ether oxygens (including phenoxy) is 2. The molecule has 0 aliphatic carbocycles. The minimum absolute atomic E-state index is 0.0989. The Morgan fingerprint density at radius 1 is 0.971 bits per heavy atom. The maximum absolute atomic E-state index is 13.4. The van der Waals surface area contributed by atoms with Crippen molar-refractivity contribution < 1.29 is 19.1 Å². The molecule has 0 N–H and O–H groups in total. The van der Waals surface area contributed by atoms with Crippen molar-refractivity contribution in [1.82, 2.24) is 4.57 Å². The Labute approximate surface area is 214 Å². The standard InChI is InChI=1S/C27H31BrClNO4/c1-19-23(18-26(31)34-16-8-6-4-3-5-7-15-28)24-17-22(33-2)13-14-25(24)30(19)27(32)20-9-11-21(29)12-10-20/h9-14,17H,3-8,15-16,18H2,1-2H3. The topological polar surface area (TPSA) is 57.5 Å². The van der Waals surface area contributed by atoms with Gasteiger partial charge >= 0.3 is 5.97 Å². The first-order valence-electron chi connectivity index (χ1n) is 11.7. The van der Waals surface area contributed by atoms with Crippen LogP contribution in [0, 0.1) is 6.92 Å². The van der Waals surface area contributed by atoms with E-state index in [4.69, 9.17) is 21.1 Å². The third kappa shape index (κ3) is 6.63. The monoisotopic (exact) mass is 547 g/mol. The third-order valence-corrected chi connectivity index (χ3v) is 6.76. The van der Waals surface area contributed by atoms with Crippen LogP contribution in [0.25, 0.3) is 10.9 Å². The first-order valence-corrected chi connectivity index (χ1v) is 13.2. The van der Waals surface area contributed by atoms with Crippen LogP contribution >= 0.6 is 27.5 Å². The minimum atomic E-state index is -0.289. The van der Waals surface area contributed by atoms with Gasteiger partial charge in [0.1, 0.15) is 5.75 Å². The van der Waals surface area contributed by atoms with Crippen molar-refractivity contribution in [3.8, 4) is 5.75 Å². The highest BCUT2D eigenvalue weighted by molar-refractivity contribution is 9.09. The number of carbonyl (C=O) groups is 2. The molecule has 2 aromatic carbocycles. The van der Waals surface area contributed by atoms with Gasteiger partial charge in [-0.2, -0.15) is 0 Å². The van der Waals surface area contributed by atoms with Crippen LogP contribution in [0.15, 0.2) is 42.5 Å². The van der Waals surface area contributed by atoms with Gasteiger partial charge in [0.25, 0.3) is 5.91 Å². The Morgan fingerprint density at radius 3 is 2.32 bits per heavy atom. The van der Waals surface area contributed by atoms with Crippen LogP contribution in [-0.4, -0.2) is 35.5 Å². The molecule has 0 aliphatic heterocycles. The van der Waals surface area contributed by atoms with Gasteiger partial charge in [-0.25, -0.2) is 0 Å². The average molecular weight is 549 g/mol. The van der Waals surface area contributed by atoms with Gasteiger partial charge in [-0.3, -0.25) is 14.2 Å². The van der Waals surface area contributed by atoms with Gasteiger partial charge in [0.2, 0.25) is 0 Å². The molecule has 0 aliphatic rings. The lowest BCUT2D eigenvalue weighted by molar-refractivity contribution is -0.142. The summed E-state index contributed by atoms with van der Waals surface area (Å²) in [6, 6.07) is 12.3. The highest BCUT2D eigenvalue weighted by Gasteiger charge is 2.22. The number of rotatable bonds is 12. The van der Waals surface area contributed by atoms with Gasteiger partial charge in [-0.05, 0) is 67.8 Å². The maximum atomic E-state index is 13.4. The van der Waals surface area contributed by atoms with Crippen molar-refractivity contribution in [2.45, 2.75) is 51.9 Å². The van der Waals surface area contributed by atoms with E-state index >= 15 is 0 Å². The van der Waals surface area contributed by atoms with Crippen molar-refractivity contribution in [2.24, 2.45) is 0 Å². The lowest BCUT2D eigenvalue weighted by Crippen LogP contribution is -2.14. The van der Waals surface area contributed by atoms with E-state index in [1.165, 1.54) is 19.3 Å².